The van der Waals surface area contributed by atoms with E-state index < -0.39 is 12.1 Å². The lowest BCUT2D eigenvalue weighted by molar-refractivity contribution is -0.124. The van der Waals surface area contributed by atoms with Crippen molar-refractivity contribution in [3.05, 3.63) is 71.8 Å². The van der Waals surface area contributed by atoms with Crippen LogP contribution in [0.1, 0.15) is 36.8 Å². The van der Waals surface area contributed by atoms with Crippen LogP contribution in [0.5, 0.6) is 0 Å². The first-order valence-electron chi connectivity index (χ1n) is 12.2. The van der Waals surface area contributed by atoms with Crippen LogP contribution < -0.4 is 33.6 Å². The highest BCUT2D eigenvalue weighted by atomic mass is 16.2. The second-order valence-corrected chi connectivity index (χ2v) is 9.08. The Morgan fingerprint density at radius 2 is 1.00 bits per heavy atom. The molecule has 0 radical (unpaired) electrons. The molecule has 3 rings (SSSR count). The summed E-state index contributed by atoms with van der Waals surface area (Å²) < 4.78 is 0. The highest BCUT2D eigenvalue weighted by Gasteiger charge is 2.28. The first-order chi connectivity index (χ1) is 17.3. The van der Waals surface area contributed by atoms with Gasteiger partial charge < -0.3 is 33.6 Å². The second kappa shape index (κ2) is 13.1. The van der Waals surface area contributed by atoms with Crippen LogP contribution in [0.25, 0.3) is 0 Å². The van der Waals surface area contributed by atoms with Gasteiger partial charge in [0.15, 0.2) is 11.9 Å². The summed E-state index contributed by atoms with van der Waals surface area (Å²) in [7, 11) is 0. The predicted octanol–water partition coefficient (Wildman–Crippen LogP) is 0.299. The number of guanidine groups is 2. The molecular formula is C26H36N8O2. The lowest BCUT2D eigenvalue weighted by atomic mass is 9.90. The molecule has 10 N–H and O–H groups in total. The maximum atomic E-state index is 12.9. The third kappa shape index (κ3) is 8.61. The van der Waals surface area contributed by atoms with Gasteiger partial charge in [-0.2, -0.15) is 0 Å². The minimum Gasteiger partial charge on any atom is -0.370 e. The topological polar surface area (TPSA) is 187 Å². The van der Waals surface area contributed by atoms with Crippen molar-refractivity contribution in [1.29, 1.82) is 0 Å². The van der Waals surface area contributed by atoms with Gasteiger partial charge >= 0.3 is 0 Å². The lowest BCUT2D eigenvalue weighted by Gasteiger charge is -2.31. The average molecular weight is 493 g/mol. The van der Waals surface area contributed by atoms with Gasteiger partial charge in [0.1, 0.15) is 12.1 Å². The van der Waals surface area contributed by atoms with Gasteiger partial charge in [-0.3, -0.25) is 9.59 Å². The van der Waals surface area contributed by atoms with Crippen molar-refractivity contribution >= 4 is 23.7 Å². The third-order valence-electron chi connectivity index (χ3n) is 6.18. The Morgan fingerprint density at radius 1 is 0.667 bits per heavy atom. The van der Waals surface area contributed by atoms with Crippen LogP contribution in [0.15, 0.2) is 70.6 Å². The third-order valence-corrected chi connectivity index (χ3v) is 6.18. The zero-order valence-corrected chi connectivity index (χ0v) is 20.3. The number of rotatable bonds is 10. The Balaban J connectivity index is 1.52. The van der Waals surface area contributed by atoms with E-state index in [1.54, 1.807) is 0 Å². The van der Waals surface area contributed by atoms with Gasteiger partial charge in [0.25, 0.3) is 0 Å². The van der Waals surface area contributed by atoms with E-state index in [4.69, 9.17) is 22.9 Å². The van der Waals surface area contributed by atoms with Crippen LogP contribution in [-0.4, -0.2) is 47.9 Å². The van der Waals surface area contributed by atoms with Gasteiger partial charge in [0.05, 0.1) is 0 Å². The van der Waals surface area contributed by atoms with Gasteiger partial charge in [-0.25, -0.2) is 9.98 Å². The van der Waals surface area contributed by atoms with Crippen molar-refractivity contribution in [2.45, 2.75) is 62.7 Å². The molecule has 2 aromatic rings. The molecule has 1 saturated carbocycles. The fourth-order valence-corrected chi connectivity index (χ4v) is 4.41. The summed E-state index contributed by atoms with van der Waals surface area (Å²) in [6.45, 7) is 0. The van der Waals surface area contributed by atoms with Crippen LogP contribution in [0.3, 0.4) is 0 Å². The Kier molecular flexibility index (Phi) is 9.67. The molecule has 0 aromatic heterocycles. The molecule has 2 aromatic carbocycles. The Labute approximate surface area is 211 Å². The van der Waals surface area contributed by atoms with E-state index in [-0.39, 0.29) is 35.8 Å². The number of amides is 2. The highest BCUT2D eigenvalue weighted by Crippen LogP contribution is 2.20. The van der Waals surface area contributed by atoms with Crippen LogP contribution in [0.2, 0.25) is 0 Å². The standard InChI is InChI=1S/C26H36N8O2/c27-25(28)33-21(15-17-7-3-1-4-8-17)23(35)31-19-11-13-20(14-12-19)32-24(36)22(34-26(29)30)16-18-9-5-2-6-10-18/h1-10,19-22H,11-16H2,(H,31,35)(H,32,36)(H4,27,28,33)(H4,29,30,34)/t19?,20?,21-,22-/m0/s1. The molecule has 2 amide bonds. The number of benzene rings is 2. The zero-order valence-electron chi connectivity index (χ0n) is 20.3. The summed E-state index contributed by atoms with van der Waals surface area (Å²) in [6.07, 6.45) is 3.71. The summed E-state index contributed by atoms with van der Waals surface area (Å²) in [5.41, 5.74) is 24.2. The summed E-state index contributed by atoms with van der Waals surface area (Å²) >= 11 is 0. The van der Waals surface area contributed by atoms with E-state index in [2.05, 4.69) is 20.6 Å². The molecule has 1 aliphatic rings. The predicted molar refractivity (Wildman–Crippen MR) is 142 cm³/mol. The van der Waals surface area contributed by atoms with Gasteiger partial charge in [-0.05, 0) is 36.8 Å². The molecule has 0 aliphatic heterocycles. The second-order valence-electron chi connectivity index (χ2n) is 9.08. The van der Waals surface area contributed by atoms with Crippen molar-refractivity contribution in [3.63, 3.8) is 0 Å². The van der Waals surface area contributed by atoms with Crippen LogP contribution in [0.4, 0.5) is 0 Å². The molecular weight excluding hydrogens is 456 g/mol. The minimum absolute atomic E-state index is 0.0176. The first kappa shape index (κ1) is 26.5. The quantitative estimate of drug-likeness (QED) is 0.204. The Morgan fingerprint density at radius 3 is 1.31 bits per heavy atom. The molecule has 10 nitrogen and oxygen atoms in total. The van der Waals surface area contributed by atoms with Crippen molar-refractivity contribution in [2.24, 2.45) is 32.9 Å². The number of carbonyl (C=O) groups is 2. The highest BCUT2D eigenvalue weighted by molar-refractivity contribution is 5.87. The van der Waals surface area contributed by atoms with Crippen molar-refractivity contribution in [3.8, 4) is 0 Å². The number of hydrogen-bond acceptors (Lipinski definition) is 4. The molecule has 2 atom stereocenters. The van der Waals surface area contributed by atoms with Crippen LogP contribution in [0, 0.1) is 0 Å². The lowest BCUT2D eigenvalue weighted by Crippen LogP contribution is -2.48. The van der Waals surface area contributed by atoms with E-state index in [0.717, 1.165) is 36.8 Å². The summed E-state index contributed by atoms with van der Waals surface area (Å²) in [5, 5.41) is 6.15. The number of nitrogens with two attached hydrogens (primary N) is 4. The van der Waals surface area contributed by atoms with Gasteiger partial charge in [0, 0.05) is 24.9 Å². The molecule has 0 unspecified atom stereocenters. The molecule has 0 heterocycles. The Bertz CT molecular complexity index is 957. The van der Waals surface area contributed by atoms with Gasteiger partial charge in [-0.15, -0.1) is 0 Å². The number of hydrogen-bond donors (Lipinski definition) is 6. The van der Waals surface area contributed by atoms with Gasteiger partial charge in [-0.1, -0.05) is 60.7 Å². The van der Waals surface area contributed by atoms with E-state index >= 15 is 0 Å². The average Bonchev–Trinajstić information content (AvgIpc) is 2.85. The molecule has 0 bridgehead atoms. The largest absolute Gasteiger partial charge is 0.370 e. The normalized spacial score (nSPS) is 18.8. The SMILES string of the molecule is NC(N)=N[C@@H](Cc1ccccc1)C(=O)NC1CCC(NC(=O)[C@H](Cc2ccccc2)N=C(N)N)CC1. The van der Waals surface area contributed by atoms with Crippen molar-refractivity contribution < 1.29 is 9.59 Å². The maximum Gasteiger partial charge on any atom is 0.245 e. The van der Waals surface area contributed by atoms with Crippen molar-refractivity contribution in [1.82, 2.24) is 10.6 Å². The zero-order chi connectivity index (χ0) is 25.9. The molecule has 0 spiro atoms. The van der Waals surface area contributed by atoms with Gasteiger partial charge in [0.2, 0.25) is 11.8 Å². The fraction of sp³-hybridized carbons (Fsp3) is 0.385. The molecule has 192 valence electrons. The van der Waals surface area contributed by atoms with Crippen LogP contribution >= 0.6 is 0 Å². The minimum atomic E-state index is -0.701. The monoisotopic (exact) mass is 492 g/mol. The van der Waals surface area contributed by atoms with E-state index in [9.17, 15) is 9.59 Å². The van der Waals surface area contributed by atoms with E-state index in [1.165, 1.54) is 0 Å². The molecule has 36 heavy (non-hydrogen) atoms. The summed E-state index contributed by atoms with van der Waals surface area (Å²) in [4.78, 5) is 34.2. The number of nitrogens with one attached hydrogen (secondary N) is 2. The van der Waals surface area contributed by atoms with Crippen LogP contribution in [-0.2, 0) is 22.4 Å². The molecule has 0 saturated heterocycles. The van der Waals surface area contributed by atoms with E-state index in [0.29, 0.717) is 12.8 Å². The summed E-state index contributed by atoms with van der Waals surface area (Å²) in [6, 6.07) is 17.8. The summed E-state index contributed by atoms with van der Waals surface area (Å²) in [5.74, 6) is -0.669. The first-order valence-corrected chi connectivity index (χ1v) is 12.2. The molecule has 10 heteroatoms. The molecule has 1 fully saturated rings. The molecule has 1 aliphatic carbocycles. The fourth-order valence-electron chi connectivity index (χ4n) is 4.41. The Hall–Kier alpha value is -4.08. The van der Waals surface area contributed by atoms with E-state index in [1.807, 2.05) is 60.7 Å². The number of carbonyl (C=O) groups excluding carboxylic acids is 2. The number of aliphatic imine (C=N–C) groups is 2. The maximum absolute atomic E-state index is 12.9. The smallest absolute Gasteiger partial charge is 0.245 e. The number of nitrogens with zero attached hydrogens (tertiary/aromatic N) is 2. The van der Waals surface area contributed by atoms with Crippen molar-refractivity contribution in [2.75, 3.05) is 0 Å².